The molecular weight excluding hydrogens is 361 g/mol. The molecule has 0 aliphatic carbocycles. The molecule has 0 saturated carbocycles. The maximum absolute atomic E-state index is 12.7. The number of hydrogen-bond donors (Lipinski definition) is 0. The summed E-state index contributed by atoms with van der Waals surface area (Å²) < 4.78 is 60.5. The number of hydrogen-bond acceptors (Lipinski definition) is 4. The predicted molar refractivity (Wildman–Crippen MR) is 82.2 cm³/mol. The summed E-state index contributed by atoms with van der Waals surface area (Å²) in [6, 6.07) is 5.53. The zero-order valence-electron chi connectivity index (χ0n) is 13.4. The first kappa shape index (κ1) is 19.2. The average molecular weight is 378 g/mol. The van der Waals surface area contributed by atoms with Crippen molar-refractivity contribution in [1.82, 2.24) is 10.0 Å². The minimum absolute atomic E-state index is 0.111. The van der Waals surface area contributed by atoms with E-state index in [-0.39, 0.29) is 23.5 Å². The molecule has 1 aromatic carbocycles. The fraction of sp³-hybridized carbons (Fsp3) is 0.467. The minimum atomic E-state index is -4.47. The summed E-state index contributed by atoms with van der Waals surface area (Å²) >= 11 is 0. The molecule has 0 bridgehead atoms. The van der Waals surface area contributed by atoms with Crippen LogP contribution >= 0.6 is 0 Å². The van der Waals surface area contributed by atoms with E-state index in [4.69, 9.17) is 0 Å². The van der Waals surface area contributed by atoms with Crippen molar-refractivity contribution in [2.75, 3.05) is 19.3 Å². The number of benzene rings is 1. The largest absolute Gasteiger partial charge is 0.389 e. The van der Waals surface area contributed by atoms with Gasteiger partial charge in [-0.3, -0.25) is 14.6 Å². The van der Waals surface area contributed by atoms with Crippen LogP contribution in [0.5, 0.6) is 0 Å². The molecule has 2 amide bonds. The normalized spacial score (nSPS) is 15.5. The van der Waals surface area contributed by atoms with E-state index in [1.165, 1.54) is 24.3 Å². The molecule has 1 aliphatic heterocycles. The minimum Gasteiger partial charge on any atom is -0.273 e. The highest BCUT2D eigenvalue weighted by Crippen LogP contribution is 2.25. The van der Waals surface area contributed by atoms with E-state index in [2.05, 4.69) is 0 Å². The SMILES string of the molecule is CS(=O)(=O)c1ccccc1C(=O)N1CCCN1C(=O)CCC(F)(F)F. The predicted octanol–water partition coefficient (Wildman–Crippen LogP) is 2.02. The van der Waals surface area contributed by atoms with E-state index in [1.54, 1.807) is 0 Å². The molecule has 0 spiro atoms. The molecule has 0 aromatic heterocycles. The lowest BCUT2D eigenvalue weighted by molar-refractivity contribution is -0.154. The Bertz CT molecular complexity index is 777. The molecule has 1 heterocycles. The summed E-state index contributed by atoms with van der Waals surface area (Å²) in [5.41, 5.74) is -0.111. The fourth-order valence-corrected chi connectivity index (χ4v) is 3.45. The highest BCUT2D eigenvalue weighted by Gasteiger charge is 2.35. The van der Waals surface area contributed by atoms with Gasteiger partial charge >= 0.3 is 6.18 Å². The molecular formula is C15H17F3N2O4S. The number of rotatable bonds is 4. The van der Waals surface area contributed by atoms with Crippen LogP contribution in [0.15, 0.2) is 29.2 Å². The van der Waals surface area contributed by atoms with Crippen LogP contribution in [0.4, 0.5) is 13.2 Å². The van der Waals surface area contributed by atoms with E-state index < -0.39 is 40.7 Å². The molecule has 1 fully saturated rings. The molecule has 0 N–H and O–H groups in total. The van der Waals surface area contributed by atoms with Crippen molar-refractivity contribution >= 4 is 21.7 Å². The Labute approximate surface area is 143 Å². The number of sulfone groups is 1. The summed E-state index contributed by atoms with van der Waals surface area (Å²) in [5, 5.41) is 1.98. The van der Waals surface area contributed by atoms with Gasteiger partial charge in [-0.2, -0.15) is 13.2 Å². The Morgan fingerprint density at radius 1 is 1.12 bits per heavy atom. The highest BCUT2D eigenvalue weighted by molar-refractivity contribution is 7.90. The van der Waals surface area contributed by atoms with E-state index in [0.29, 0.717) is 6.42 Å². The Morgan fingerprint density at radius 3 is 2.32 bits per heavy atom. The fourth-order valence-electron chi connectivity index (χ4n) is 2.57. The third-order valence-electron chi connectivity index (χ3n) is 3.69. The number of halogens is 3. The van der Waals surface area contributed by atoms with Gasteiger partial charge in [-0.25, -0.2) is 13.4 Å². The molecule has 10 heteroatoms. The summed E-state index contributed by atoms with van der Waals surface area (Å²) in [5.74, 6) is -1.54. The molecule has 1 aliphatic rings. The second-order valence-electron chi connectivity index (χ2n) is 5.68. The summed E-state index contributed by atoms with van der Waals surface area (Å²) in [6.07, 6.45) is -5.14. The van der Waals surface area contributed by atoms with Gasteiger partial charge in [0.05, 0.1) is 16.9 Å². The first-order chi connectivity index (χ1) is 11.5. The molecule has 0 atom stereocenters. The standard InChI is InChI=1S/C15H17F3N2O4S/c1-25(23,24)12-6-3-2-5-11(12)14(22)20-10-4-9-19(20)13(21)7-8-15(16,17)18/h2-3,5-6H,4,7-10H2,1H3. The lowest BCUT2D eigenvalue weighted by Crippen LogP contribution is -2.45. The molecule has 1 aromatic rings. The number of carbonyl (C=O) groups is 2. The van der Waals surface area contributed by atoms with Crippen molar-refractivity contribution in [3.63, 3.8) is 0 Å². The molecule has 6 nitrogen and oxygen atoms in total. The lowest BCUT2D eigenvalue weighted by Gasteiger charge is -2.28. The number of amides is 2. The van der Waals surface area contributed by atoms with Crippen LogP contribution in [0, 0.1) is 0 Å². The van der Waals surface area contributed by atoms with Gasteiger partial charge in [-0.15, -0.1) is 0 Å². The first-order valence-corrected chi connectivity index (χ1v) is 9.38. The summed E-state index contributed by atoms with van der Waals surface area (Å²) in [4.78, 5) is 24.5. The Balaban J connectivity index is 2.23. The highest BCUT2D eigenvalue weighted by atomic mass is 32.2. The molecule has 138 valence electrons. The van der Waals surface area contributed by atoms with Crippen molar-refractivity contribution in [3.05, 3.63) is 29.8 Å². The maximum atomic E-state index is 12.7. The average Bonchev–Trinajstić information content (AvgIpc) is 3.00. The topological polar surface area (TPSA) is 74.8 Å². The van der Waals surface area contributed by atoms with E-state index in [9.17, 15) is 31.2 Å². The van der Waals surface area contributed by atoms with Crippen LogP contribution in [0.2, 0.25) is 0 Å². The zero-order valence-corrected chi connectivity index (χ0v) is 14.2. The molecule has 1 saturated heterocycles. The molecule has 2 rings (SSSR count). The van der Waals surface area contributed by atoms with E-state index in [1.807, 2.05) is 0 Å². The zero-order chi connectivity index (χ0) is 18.8. The Morgan fingerprint density at radius 2 is 1.72 bits per heavy atom. The van der Waals surface area contributed by atoms with Crippen molar-refractivity contribution in [2.24, 2.45) is 0 Å². The lowest BCUT2D eigenvalue weighted by atomic mass is 10.2. The number of hydrazine groups is 1. The van der Waals surface area contributed by atoms with E-state index >= 15 is 0 Å². The van der Waals surface area contributed by atoms with Gasteiger partial charge in [0.1, 0.15) is 0 Å². The van der Waals surface area contributed by atoms with Crippen LogP contribution in [-0.2, 0) is 14.6 Å². The van der Waals surface area contributed by atoms with Gasteiger partial charge < -0.3 is 0 Å². The van der Waals surface area contributed by atoms with Gasteiger partial charge in [0.25, 0.3) is 5.91 Å². The van der Waals surface area contributed by atoms with Crippen LogP contribution in [0.25, 0.3) is 0 Å². The van der Waals surface area contributed by atoms with Crippen LogP contribution in [0.3, 0.4) is 0 Å². The second-order valence-corrected chi connectivity index (χ2v) is 7.67. The summed E-state index contributed by atoms with van der Waals surface area (Å²) in [6.45, 7) is 0.248. The van der Waals surface area contributed by atoms with Crippen molar-refractivity contribution in [3.8, 4) is 0 Å². The smallest absolute Gasteiger partial charge is 0.273 e. The van der Waals surface area contributed by atoms with Gasteiger partial charge in [-0.05, 0) is 18.6 Å². The first-order valence-electron chi connectivity index (χ1n) is 7.49. The molecule has 0 unspecified atom stereocenters. The van der Waals surface area contributed by atoms with Crippen molar-refractivity contribution in [1.29, 1.82) is 0 Å². The third kappa shape index (κ3) is 4.71. The molecule has 25 heavy (non-hydrogen) atoms. The summed E-state index contributed by atoms with van der Waals surface area (Å²) in [7, 11) is -3.68. The molecule has 0 radical (unpaired) electrons. The van der Waals surface area contributed by atoms with Crippen LogP contribution in [0.1, 0.15) is 29.6 Å². The van der Waals surface area contributed by atoms with E-state index in [0.717, 1.165) is 16.3 Å². The monoisotopic (exact) mass is 378 g/mol. The van der Waals surface area contributed by atoms with Gasteiger partial charge in [0.2, 0.25) is 5.91 Å². The number of carbonyl (C=O) groups excluding carboxylic acids is 2. The quantitative estimate of drug-likeness (QED) is 0.803. The maximum Gasteiger partial charge on any atom is 0.389 e. The van der Waals surface area contributed by atoms with Crippen molar-refractivity contribution in [2.45, 2.75) is 30.3 Å². The third-order valence-corrected chi connectivity index (χ3v) is 4.85. The van der Waals surface area contributed by atoms with Crippen LogP contribution < -0.4 is 0 Å². The van der Waals surface area contributed by atoms with Gasteiger partial charge in [-0.1, -0.05) is 12.1 Å². The number of alkyl halides is 3. The number of nitrogens with zero attached hydrogens (tertiary/aromatic N) is 2. The Kier molecular flexibility index (Phi) is 5.40. The van der Waals surface area contributed by atoms with Gasteiger partial charge in [0.15, 0.2) is 9.84 Å². The van der Waals surface area contributed by atoms with Crippen molar-refractivity contribution < 1.29 is 31.2 Å². The Hall–Kier alpha value is -2.10. The van der Waals surface area contributed by atoms with Gasteiger partial charge in [0, 0.05) is 25.8 Å². The van der Waals surface area contributed by atoms with Crippen LogP contribution in [-0.4, -0.2) is 55.8 Å². The second kappa shape index (κ2) is 7.03.